The molecule has 1 aliphatic rings. The van der Waals surface area contributed by atoms with E-state index >= 15 is 0 Å². The molecule has 120 valence electrons. The first-order valence-electron chi connectivity index (χ1n) is 8.04. The predicted octanol–water partition coefficient (Wildman–Crippen LogP) is 2.00. The predicted molar refractivity (Wildman–Crippen MR) is 84.2 cm³/mol. The second-order valence-corrected chi connectivity index (χ2v) is 6.77. The molecule has 0 aromatic rings. The Morgan fingerprint density at radius 1 is 1.40 bits per heavy atom. The van der Waals surface area contributed by atoms with Gasteiger partial charge in [-0.2, -0.15) is 0 Å². The van der Waals surface area contributed by atoms with Crippen LogP contribution in [0.25, 0.3) is 0 Å². The molecule has 1 atom stereocenters. The van der Waals surface area contributed by atoms with Gasteiger partial charge in [0.2, 0.25) is 0 Å². The third-order valence-electron chi connectivity index (χ3n) is 3.95. The molecular formula is C16H34N2O2. The summed E-state index contributed by atoms with van der Waals surface area (Å²) in [7, 11) is 3.99. The zero-order valence-electron chi connectivity index (χ0n) is 13.9. The molecule has 0 spiro atoms. The lowest BCUT2D eigenvalue weighted by Crippen LogP contribution is -2.48. The van der Waals surface area contributed by atoms with Crippen molar-refractivity contribution in [2.45, 2.75) is 33.1 Å². The van der Waals surface area contributed by atoms with Crippen LogP contribution in [0, 0.1) is 11.3 Å². The number of ether oxygens (including phenoxy) is 2. The van der Waals surface area contributed by atoms with Gasteiger partial charge >= 0.3 is 0 Å². The van der Waals surface area contributed by atoms with E-state index in [9.17, 15) is 0 Å². The van der Waals surface area contributed by atoms with Crippen LogP contribution >= 0.6 is 0 Å². The molecule has 0 saturated carbocycles. The molecule has 1 fully saturated rings. The number of nitrogens with one attached hydrogen (secondary N) is 1. The van der Waals surface area contributed by atoms with Gasteiger partial charge in [0.15, 0.2) is 0 Å². The molecule has 1 heterocycles. The van der Waals surface area contributed by atoms with Crippen molar-refractivity contribution in [3.05, 3.63) is 0 Å². The van der Waals surface area contributed by atoms with E-state index in [4.69, 9.17) is 9.47 Å². The fourth-order valence-corrected chi connectivity index (χ4v) is 2.99. The number of methoxy groups -OCH3 is 1. The molecule has 0 radical (unpaired) electrons. The minimum atomic E-state index is 0.287. The molecule has 1 unspecified atom stereocenters. The van der Waals surface area contributed by atoms with Crippen molar-refractivity contribution >= 4 is 0 Å². The first-order valence-corrected chi connectivity index (χ1v) is 8.04. The molecule has 1 saturated heterocycles. The average molecular weight is 286 g/mol. The van der Waals surface area contributed by atoms with Crippen LogP contribution in [0.2, 0.25) is 0 Å². The summed E-state index contributed by atoms with van der Waals surface area (Å²) in [5.41, 5.74) is 0.287. The number of hydrogen-bond acceptors (Lipinski definition) is 4. The molecule has 0 amide bonds. The van der Waals surface area contributed by atoms with Gasteiger partial charge in [0, 0.05) is 45.4 Å². The SMILES string of the molecule is COCCCN(C)CC1(CNCC(C)C)CCCOC1. The maximum Gasteiger partial charge on any atom is 0.0546 e. The average Bonchev–Trinajstić information content (AvgIpc) is 2.39. The summed E-state index contributed by atoms with van der Waals surface area (Å²) < 4.78 is 10.9. The van der Waals surface area contributed by atoms with Gasteiger partial charge in [-0.25, -0.2) is 0 Å². The fourth-order valence-electron chi connectivity index (χ4n) is 2.99. The zero-order valence-corrected chi connectivity index (χ0v) is 13.9. The van der Waals surface area contributed by atoms with E-state index in [1.165, 1.54) is 12.8 Å². The lowest BCUT2D eigenvalue weighted by Gasteiger charge is -2.40. The molecule has 1 rings (SSSR count). The van der Waals surface area contributed by atoms with Gasteiger partial charge in [-0.1, -0.05) is 13.8 Å². The van der Waals surface area contributed by atoms with E-state index in [-0.39, 0.29) is 5.41 Å². The lowest BCUT2D eigenvalue weighted by atomic mass is 9.81. The Bertz CT molecular complexity index is 241. The maximum absolute atomic E-state index is 5.78. The Morgan fingerprint density at radius 2 is 2.20 bits per heavy atom. The fraction of sp³-hybridized carbons (Fsp3) is 1.00. The summed E-state index contributed by atoms with van der Waals surface area (Å²) in [6.07, 6.45) is 3.56. The highest BCUT2D eigenvalue weighted by atomic mass is 16.5. The normalized spacial score (nSPS) is 23.7. The summed E-state index contributed by atoms with van der Waals surface area (Å²) in [5, 5.41) is 3.64. The van der Waals surface area contributed by atoms with Crippen LogP contribution in [-0.4, -0.2) is 65.1 Å². The van der Waals surface area contributed by atoms with E-state index in [1.807, 2.05) is 0 Å². The Labute approximate surface area is 125 Å². The van der Waals surface area contributed by atoms with Crippen molar-refractivity contribution < 1.29 is 9.47 Å². The summed E-state index contributed by atoms with van der Waals surface area (Å²) in [4.78, 5) is 2.44. The quantitative estimate of drug-likeness (QED) is 0.623. The van der Waals surface area contributed by atoms with Crippen LogP contribution in [0.5, 0.6) is 0 Å². The second kappa shape index (κ2) is 9.72. The van der Waals surface area contributed by atoms with Crippen LogP contribution in [0.3, 0.4) is 0 Å². The summed E-state index contributed by atoms with van der Waals surface area (Å²) >= 11 is 0. The Kier molecular flexibility index (Phi) is 8.69. The summed E-state index contributed by atoms with van der Waals surface area (Å²) in [5.74, 6) is 0.705. The monoisotopic (exact) mass is 286 g/mol. The standard InChI is InChI=1S/C16H34N2O2/c1-15(2)11-17-12-16(7-5-10-20-14-16)13-18(3)8-6-9-19-4/h15,17H,5-14H2,1-4H3. The van der Waals surface area contributed by atoms with Crippen molar-refractivity contribution in [1.29, 1.82) is 0 Å². The smallest absolute Gasteiger partial charge is 0.0546 e. The Morgan fingerprint density at radius 3 is 2.80 bits per heavy atom. The number of nitrogens with zero attached hydrogens (tertiary/aromatic N) is 1. The molecule has 0 bridgehead atoms. The third-order valence-corrected chi connectivity index (χ3v) is 3.95. The van der Waals surface area contributed by atoms with E-state index in [1.54, 1.807) is 7.11 Å². The van der Waals surface area contributed by atoms with Crippen LogP contribution in [0.4, 0.5) is 0 Å². The Hall–Kier alpha value is -0.160. The van der Waals surface area contributed by atoms with Gasteiger partial charge in [-0.3, -0.25) is 0 Å². The molecular weight excluding hydrogens is 252 g/mol. The maximum atomic E-state index is 5.78. The number of rotatable bonds is 10. The molecule has 1 aliphatic heterocycles. The molecule has 4 heteroatoms. The van der Waals surface area contributed by atoms with Crippen molar-refractivity contribution in [1.82, 2.24) is 10.2 Å². The van der Waals surface area contributed by atoms with Gasteiger partial charge < -0.3 is 19.7 Å². The topological polar surface area (TPSA) is 33.7 Å². The van der Waals surface area contributed by atoms with Crippen molar-refractivity contribution in [2.24, 2.45) is 11.3 Å². The Balaban J connectivity index is 2.41. The summed E-state index contributed by atoms with van der Waals surface area (Å²) in [6, 6.07) is 0. The molecule has 20 heavy (non-hydrogen) atoms. The molecule has 0 aliphatic carbocycles. The number of hydrogen-bond donors (Lipinski definition) is 1. The van der Waals surface area contributed by atoms with Gasteiger partial charge in [0.05, 0.1) is 6.61 Å². The van der Waals surface area contributed by atoms with Crippen LogP contribution < -0.4 is 5.32 Å². The zero-order chi connectivity index (χ0) is 14.8. The van der Waals surface area contributed by atoms with E-state index in [2.05, 4.69) is 31.1 Å². The second-order valence-electron chi connectivity index (χ2n) is 6.77. The third kappa shape index (κ3) is 7.02. The largest absolute Gasteiger partial charge is 0.385 e. The highest BCUT2D eigenvalue weighted by Gasteiger charge is 2.33. The van der Waals surface area contributed by atoms with Crippen molar-refractivity contribution in [3.8, 4) is 0 Å². The molecule has 4 nitrogen and oxygen atoms in total. The lowest BCUT2D eigenvalue weighted by molar-refractivity contribution is -0.0235. The van der Waals surface area contributed by atoms with Crippen LogP contribution in [-0.2, 0) is 9.47 Å². The van der Waals surface area contributed by atoms with Crippen molar-refractivity contribution in [2.75, 3.05) is 60.2 Å². The van der Waals surface area contributed by atoms with Crippen LogP contribution in [0.1, 0.15) is 33.1 Å². The van der Waals surface area contributed by atoms with Gasteiger partial charge in [-0.15, -0.1) is 0 Å². The molecule has 0 aromatic heterocycles. The molecule has 0 aromatic carbocycles. The van der Waals surface area contributed by atoms with E-state index in [0.717, 1.165) is 52.4 Å². The van der Waals surface area contributed by atoms with E-state index < -0.39 is 0 Å². The van der Waals surface area contributed by atoms with Gasteiger partial charge in [0.1, 0.15) is 0 Å². The highest BCUT2D eigenvalue weighted by Crippen LogP contribution is 2.29. The van der Waals surface area contributed by atoms with Crippen molar-refractivity contribution in [3.63, 3.8) is 0 Å². The first-order chi connectivity index (χ1) is 9.58. The summed E-state index contributed by atoms with van der Waals surface area (Å²) in [6.45, 7) is 11.6. The minimum Gasteiger partial charge on any atom is -0.385 e. The van der Waals surface area contributed by atoms with Gasteiger partial charge in [-0.05, 0) is 38.8 Å². The first kappa shape index (κ1) is 17.9. The minimum absolute atomic E-state index is 0.287. The van der Waals surface area contributed by atoms with Gasteiger partial charge in [0.25, 0.3) is 0 Å². The van der Waals surface area contributed by atoms with Crippen LogP contribution in [0.15, 0.2) is 0 Å². The molecule has 1 N–H and O–H groups in total. The van der Waals surface area contributed by atoms with E-state index in [0.29, 0.717) is 5.92 Å². The highest BCUT2D eigenvalue weighted by molar-refractivity contribution is 4.87.